The van der Waals surface area contributed by atoms with Crippen molar-refractivity contribution < 1.29 is 0 Å². The van der Waals surface area contributed by atoms with Crippen molar-refractivity contribution in [3.63, 3.8) is 0 Å². The fourth-order valence-electron chi connectivity index (χ4n) is 20.0. The van der Waals surface area contributed by atoms with Gasteiger partial charge in [-0.15, -0.1) is 0 Å². The van der Waals surface area contributed by atoms with Gasteiger partial charge in [0.1, 0.15) is 0 Å². The number of hydrogen-bond donors (Lipinski definition) is 0. The summed E-state index contributed by atoms with van der Waals surface area (Å²) in [5, 5.41) is 14.5. The third-order valence-electron chi connectivity index (χ3n) is 26.2. The lowest BCUT2D eigenvalue weighted by molar-refractivity contribution is 0.949. The molecule has 27 rings (SSSR count). The van der Waals surface area contributed by atoms with Crippen molar-refractivity contribution in [2.45, 2.75) is 6.92 Å². The maximum atomic E-state index is 5.21. The molecule has 0 saturated heterocycles. The average molecular weight is 1730 g/mol. The number of aryl methyl sites for hydroxylation is 3. The number of aromatic nitrogens is 15. The van der Waals surface area contributed by atoms with Crippen molar-refractivity contribution in [3.05, 3.63) is 442 Å². The third kappa shape index (κ3) is 13.5. The topological polar surface area (TPSA) is 146 Å². The number of rotatable bonds is 12. The molecule has 15 nitrogen and oxygen atoms in total. The molecule has 0 N–H and O–H groups in total. The zero-order chi connectivity index (χ0) is 89.7. The fourth-order valence-corrected chi connectivity index (χ4v) is 20.0. The van der Waals surface area contributed by atoms with Crippen molar-refractivity contribution in [1.82, 2.24) is 72.3 Å². The standard InChI is InChI=1S/3C40H27N5/c1-26-13-12-16-28(25-26)39-41-38(27-14-4-2-5-15-27)42-40(43-39)45-35-22-11-9-20-31(35)33-24-23-32-30-19-8-10-21-34(30)44(36(32)37(33)45)29-17-6-3-7-18-29;1-44-34-18-10-8-16-30(34)32-24-25-33-31-17-9-11-19-35(31)45(37(33)36(32)44)40-42-38(28-14-6-3-7-15-28)41-39(43-40)29-22-20-27(21-23-29)26-12-4-2-5-13-26;1-44-33-18-10-8-16-30(33)31-24-25-35-36(37(31)44)32-17-9-11-19-34(32)45(35)29-22-20-28(21-23-29)40-42-38(26-12-4-2-5-13-26)41-39(43-40)27-14-6-3-7-15-27/h3*2-25H,1H3. The average Bonchev–Trinajstić information content (AvgIpc) is 1.55. The molecule has 135 heavy (non-hydrogen) atoms. The van der Waals surface area contributed by atoms with E-state index in [1.54, 1.807) is 0 Å². The van der Waals surface area contributed by atoms with E-state index in [1.165, 1.54) is 81.6 Å². The summed E-state index contributed by atoms with van der Waals surface area (Å²) >= 11 is 0. The zero-order valence-electron chi connectivity index (χ0n) is 73.8. The zero-order valence-corrected chi connectivity index (χ0v) is 73.8. The number of fused-ring (bicyclic) bond motifs is 21. The Morgan fingerprint density at radius 3 is 0.859 bits per heavy atom. The van der Waals surface area contributed by atoms with Crippen LogP contribution in [0.2, 0.25) is 0 Å². The summed E-state index contributed by atoms with van der Waals surface area (Å²) in [6.45, 7) is 2.09. The van der Waals surface area contributed by atoms with Gasteiger partial charge >= 0.3 is 0 Å². The summed E-state index contributed by atoms with van der Waals surface area (Å²) in [6.07, 6.45) is 0. The Morgan fingerprint density at radius 1 is 0.163 bits per heavy atom. The van der Waals surface area contributed by atoms with E-state index < -0.39 is 0 Å². The Hall–Kier alpha value is -18.2. The van der Waals surface area contributed by atoms with Gasteiger partial charge in [-0.2, -0.15) is 19.9 Å². The van der Waals surface area contributed by atoms with Crippen molar-refractivity contribution in [3.8, 4) is 114 Å². The van der Waals surface area contributed by atoms with E-state index in [0.29, 0.717) is 52.7 Å². The van der Waals surface area contributed by atoms with Gasteiger partial charge in [0, 0.05) is 140 Å². The van der Waals surface area contributed by atoms with Crippen LogP contribution >= 0.6 is 0 Å². The quantitative estimate of drug-likeness (QED) is 0.117. The van der Waals surface area contributed by atoms with Crippen molar-refractivity contribution in [2.75, 3.05) is 0 Å². The van der Waals surface area contributed by atoms with Crippen LogP contribution in [0.4, 0.5) is 0 Å². The van der Waals surface area contributed by atoms with E-state index in [2.05, 4.69) is 382 Å². The molecule has 0 radical (unpaired) electrons. The van der Waals surface area contributed by atoms with Crippen LogP contribution in [0.25, 0.3) is 245 Å². The number of benzene rings is 18. The predicted octanol–water partition coefficient (Wildman–Crippen LogP) is 28.9. The minimum Gasteiger partial charge on any atom is -0.343 e. The molecule has 27 aromatic rings. The van der Waals surface area contributed by atoms with E-state index in [1.807, 2.05) is 103 Å². The van der Waals surface area contributed by atoms with E-state index in [4.69, 9.17) is 44.9 Å². The second kappa shape index (κ2) is 32.8. The first-order chi connectivity index (χ1) is 66.7. The van der Waals surface area contributed by atoms with Crippen LogP contribution in [0.3, 0.4) is 0 Å². The van der Waals surface area contributed by atoms with E-state index >= 15 is 0 Å². The van der Waals surface area contributed by atoms with Crippen LogP contribution in [0.1, 0.15) is 5.56 Å². The maximum Gasteiger partial charge on any atom is 0.238 e. The summed E-state index contributed by atoms with van der Waals surface area (Å²) in [7, 11) is 4.32. The molecule has 636 valence electrons. The highest BCUT2D eigenvalue weighted by Gasteiger charge is 2.28. The van der Waals surface area contributed by atoms with Gasteiger partial charge in [0.05, 0.1) is 55.2 Å². The molecule has 15 heteroatoms. The summed E-state index contributed by atoms with van der Waals surface area (Å²) in [4.78, 5) is 45.5. The molecule has 0 aliphatic carbocycles. The molecule has 0 aliphatic rings. The highest BCUT2D eigenvalue weighted by Crippen LogP contribution is 2.46. The molecule has 0 spiro atoms. The SMILES string of the molecule is Cc1cccc(-c2nc(-c3ccccc3)nc(-n3c4ccccc4c4ccc5c6ccccc6n(-c6ccccc6)c5c43)n2)c1.Cn1c2ccccc2c2ccc3c(c4ccccc4n3-c3ccc(-c4nc(-c5ccccc5)nc(-c5ccccc5)n4)cc3)c21.Cn1c2ccccc2c2ccc3c4ccccc4n(-c4nc(-c5ccccc5)nc(-c5ccc(-c6ccccc6)cc5)n4)c3c21. The maximum absolute atomic E-state index is 5.21. The van der Waals surface area contributed by atoms with Crippen LogP contribution in [0.15, 0.2) is 437 Å². The second-order valence-electron chi connectivity index (χ2n) is 34.2. The summed E-state index contributed by atoms with van der Waals surface area (Å²) in [6, 6.07) is 152. The first kappa shape index (κ1) is 79.0. The molecule has 9 heterocycles. The van der Waals surface area contributed by atoms with E-state index in [0.717, 1.165) is 116 Å². The molecule has 0 amide bonds. The first-order valence-corrected chi connectivity index (χ1v) is 45.4. The van der Waals surface area contributed by atoms with Gasteiger partial charge in [0.2, 0.25) is 11.9 Å². The first-order valence-electron chi connectivity index (χ1n) is 45.4. The highest BCUT2D eigenvalue weighted by molar-refractivity contribution is 6.27. The molecule has 0 saturated carbocycles. The van der Waals surface area contributed by atoms with Crippen molar-refractivity contribution in [2.24, 2.45) is 14.1 Å². The second-order valence-corrected chi connectivity index (χ2v) is 34.2. The Kier molecular flexibility index (Phi) is 19.2. The highest BCUT2D eigenvalue weighted by atomic mass is 15.2. The normalized spacial score (nSPS) is 11.7. The number of nitrogens with zero attached hydrogens (tertiary/aromatic N) is 15. The van der Waals surface area contributed by atoms with Gasteiger partial charge in [0.25, 0.3) is 0 Å². The smallest absolute Gasteiger partial charge is 0.238 e. The van der Waals surface area contributed by atoms with Gasteiger partial charge in [0.15, 0.2) is 40.8 Å². The number of para-hydroxylation sites is 7. The molecule has 0 unspecified atom stereocenters. The molecule has 0 atom stereocenters. The summed E-state index contributed by atoms with van der Waals surface area (Å²) in [5.74, 6) is 5.69. The lowest BCUT2D eigenvalue weighted by Gasteiger charge is -2.13. The van der Waals surface area contributed by atoms with Crippen molar-refractivity contribution >= 4 is 131 Å². The molecule has 0 bridgehead atoms. The van der Waals surface area contributed by atoms with Gasteiger partial charge in [-0.05, 0) is 103 Å². The Bertz CT molecular complexity index is 9250. The Balaban J connectivity index is 0.000000108. The molecular formula is C120H81N15. The largest absolute Gasteiger partial charge is 0.343 e. The van der Waals surface area contributed by atoms with Crippen LogP contribution in [0, 0.1) is 6.92 Å². The molecule has 18 aromatic carbocycles. The van der Waals surface area contributed by atoms with Crippen LogP contribution in [-0.4, -0.2) is 72.3 Å². The number of hydrogen-bond acceptors (Lipinski definition) is 9. The van der Waals surface area contributed by atoms with Crippen LogP contribution in [0.5, 0.6) is 0 Å². The van der Waals surface area contributed by atoms with E-state index in [-0.39, 0.29) is 0 Å². The molecule has 0 aliphatic heterocycles. The lowest BCUT2D eigenvalue weighted by Crippen LogP contribution is -2.07. The van der Waals surface area contributed by atoms with Gasteiger partial charge in [-0.1, -0.05) is 357 Å². The Morgan fingerprint density at radius 2 is 0.430 bits per heavy atom. The van der Waals surface area contributed by atoms with Crippen molar-refractivity contribution in [1.29, 1.82) is 0 Å². The van der Waals surface area contributed by atoms with Gasteiger partial charge in [-0.3, -0.25) is 9.13 Å². The van der Waals surface area contributed by atoms with Crippen LogP contribution < -0.4 is 0 Å². The fraction of sp³-hybridized carbons (Fsp3) is 0.0250. The van der Waals surface area contributed by atoms with E-state index in [9.17, 15) is 0 Å². The summed E-state index contributed by atoms with van der Waals surface area (Å²) in [5.41, 5.74) is 26.0. The Labute approximate surface area is 775 Å². The predicted molar refractivity (Wildman–Crippen MR) is 553 cm³/mol. The molecule has 0 fully saturated rings. The minimum atomic E-state index is 0.587. The lowest BCUT2D eigenvalue weighted by atomic mass is 10.0. The molecule has 9 aromatic heterocycles. The minimum absolute atomic E-state index is 0.587. The summed E-state index contributed by atoms with van der Waals surface area (Å²) < 4.78 is 13.8. The third-order valence-corrected chi connectivity index (χ3v) is 26.2. The van der Waals surface area contributed by atoms with Gasteiger partial charge < -0.3 is 18.3 Å². The molecular weight excluding hydrogens is 1650 g/mol. The van der Waals surface area contributed by atoms with Gasteiger partial charge in [-0.25, -0.2) is 24.9 Å². The monoisotopic (exact) mass is 1730 g/mol. The van der Waals surface area contributed by atoms with Crippen LogP contribution in [-0.2, 0) is 14.1 Å².